The molecule has 0 radical (unpaired) electrons. The molecule has 2 N–H and O–H groups in total. The Morgan fingerprint density at radius 3 is 2.83 bits per heavy atom. The molecular weight excluding hydrogens is 324 g/mol. The van der Waals surface area contributed by atoms with Crippen molar-refractivity contribution in [3.63, 3.8) is 0 Å². The number of urea groups is 1. The molecule has 2 aliphatic heterocycles. The SMILES string of the molecule is C=CCC1(O)CCN(C(=O)Nc2ccn(C3CCSCC3)n2)CC1. The largest absolute Gasteiger partial charge is 0.389 e. The number of thioether (sulfide) groups is 1. The predicted octanol–water partition coefficient (Wildman–Crippen LogP) is 2.89. The highest BCUT2D eigenvalue weighted by Gasteiger charge is 2.32. The molecule has 0 aliphatic carbocycles. The number of nitrogens with one attached hydrogen (secondary N) is 1. The summed E-state index contributed by atoms with van der Waals surface area (Å²) in [5, 5.41) is 17.8. The van der Waals surface area contributed by atoms with E-state index >= 15 is 0 Å². The van der Waals surface area contributed by atoms with Crippen molar-refractivity contribution in [2.24, 2.45) is 0 Å². The maximum atomic E-state index is 12.4. The summed E-state index contributed by atoms with van der Waals surface area (Å²) in [7, 11) is 0. The maximum absolute atomic E-state index is 12.4. The van der Waals surface area contributed by atoms with Gasteiger partial charge in [0.2, 0.25) is 0 Å². The third-order valence-corrected chi connectivity index (χ3v) is 5.96. The molecule has 3 heterocycles. The number of likely N-dealkylation sites (tertiary alicyclic amines) is 1. The minimum atomic E-state index is -0.709. The fraction of sp³-hybridized carbons (Fsp3) is 0.647. The van der Waals surface area contributed by atoms with Crippen LogP contribution in [0.1, 0.15) is 38.1 Å². The number of amides is 2. The summed E-state index contributed by atoms with van der Waals surface area (Å²) >= 11 is 1.99. The van der Waals surface area contributed by atoms with Gasteiger partial charge in [-0.25, -0.2) is 4.79 Å². The van der Waals surface area contributed by atoms with Crippen LogP contribution in [0.15, 0.2) is 24.9 Å². The molecule has 0 spiro atoms. The van der Waals surface area contributed by atoms with Crippen LogP contribution >= 0.6 is 11.8 Å². The van der Waals surface area contributed by atoms with Gasteiger partial charge in [0.1, 0.15) is 0 Å². The Morgan fingerprint density at radius 1 is 1.46 bits per heavy atom. The van der Waals surface area contributed by atoms with Crippen LogP contribution in [0.3, 0.4) is 0 Å². The molecule has 0 aromatic carbocycles. The van der Waals surface area contributed by atoms with Crippen LogP contribution in [0.4, 0.5) is 10.6 Å². The van der Waals surface area contributed by atoms with Crippen LogP contribution in [0.2, 0.25) is 0 Å². The van der Waals surface area contributed by atoms with E-state index in [1.807, 2.05) is 28.7 Å². The van der Waals surface area contributed by atoms with Crippen LogP contribution in [0, 0.1) is 0 Å². The van der Waals surface area contributed by atoms with Gasteiger partial charge in [0.05, 0.1) is 11.6 Å². The molecule has 0 bridgehead atoms. The lowest BCUT2D eigenvalue weighted by Gasteiger charge is -2.37. The number of anilines is 1. The van der Waals surface area contributed by atoms with E-state index in [4.69, 9.17) is 0 Å². The molecule has 2 fully saturated rings. The van der Waals surface area contributed by atoms with E-state index in [0.717, 1.165) is 12.8 Å². The minimum absolute atomic E-state index is 0.139. The zero-order valence-electron chi connectivity index (χ0n) is 14.0. The van der Waals surface area contributed by atoms with Gasteiger partial charge in [0.25, 0.3) is 0 Å². The van der Waals surface area contributed by atoms with Gasteiger partial charge < -0.3 is 10.0 Å². The first-order chi connectivity index (χ1) is 11.6. The number of rotatable bonds is 4. The Kier molecular flexibility index (Phi) is 5.50. The fourth-order valence-corrected chi connectivity index (χ4v) is 4.43. The molecular formula is C17H26N4O2S. The van der Waals surface area contributed by atoms with E-state index in [1.165, 1.54) is 11.5 Å². The summed E-state index contributed by atoms with van der Waals surface area (Å²) in [6.45, 7) is 4.79. The standard InChI is InChI=1S/C17H26N4O2S/c1-2-6-17(23)7-10-20(11-8-17)16(22)18-15-3-9-21(19-15)14-4-12-24-13-5-14/h2-3,9,14,23H,1,4-8,10-13H2,(H,18,19,22). The molecule has 2 amide bonds. The second-order valence-electron chi connectivity index (χ2n) is 6.66. The highest BCUT2D eigenvalue weighted by atomic mass is 32.2. The lowest BCUT2D eigenvalue weighted by molar-refractivity contribution is -0.00818. The molecule has 2 saturated heterocycles. The van der Waals surface area contributed by atoms with Gasteiger partial charge in [0.15, 0.2) is 5.82 Å². The number of nitrogens with zero attached hydrogens (tertiary/aromatic N) is 3. The smallest absolute Gasteiger partial charge is 0.323 e. The molecule has 1 aromatic heterocycles. The average molecular weight is 350 g/mol. The minimum Gasteiger partial charge on any atom is -0.389 e. The van der Waals surface area contributed by atoms with Crippen LogP contribution in [0.5, 0.6) is 0 Å². The number of hydrogen-bond donors (Lipinski definition) is 2. The van der Waals surface area contributed by atoms with Crippen molar-refractivity contribution < 1.29 is 9.90 Å². The van der Waals surface area contributed by atoms with E-state index < -0.39 is 5.60 Å². The normalized spacial score (nSPS) is 21.5. The molecule has 0 saturated carbocycles. The molecule has 3 rings (SSSR count). The van der Waals surface area contributed by atoms with Gasteiger partial charge in [0, 0.05) is 25.4 Å². The zero-order valence-corrected chi connectivity index (χ0v) is 14.8. The lowest BCUT2D eigenvalue weighted by atomic mass is 9.88. The number of carbonyl (C=O) groups is 1. The quantitative estimate of drug-likeness (QED) is 0.819. The maximum Gasteiger partial charge on any atom is 0.323 e. The summed E-state index contributed by atoms with van der Waals surface area (Å²) in [6, 6.07) is 2.17. The summed E-state index contributed by atoms with van der Waals surface area (Å²) in [6.07, 6.45) is 7.71. The van der Waals surface area contributed by atoms with E-state index in [1.54, 1.807) is 11.0 Å². The Balaban J connectivity index is 1.52. The third-order valence-electron chi connectivity index (χ3n) is 4.91. The van der Waals surface area contributed by atoms with E-state index in [0.29, 0.717) is 44.2 Å². The predicted molar refractivity (Wildman–Crippen MR) is 97.4 cm³/mol. The first-order valence-electron chi connectivity index (χ1n) is 8.62. The third kappa shape index (κ3) is 4.13. The lowest BCUT2D eigenvalue weighted by Crippen LogP contribution is -2.47. The second-order valence-corrected chi connectivity index (χ2v) is 7.88. The molecule has 1 aromatic rings. The van der Waals surface area contributed by atoms with Gasteiger partial charge in [-0.1, -0.05) is 6.08 Å². The van der Waals surface area contributed by atoms with Crippen LogP contribution in [-0.2, 0) is 0 Å². The van der Waals surface area contributed by atoms with Crippen molar-refractivity contribution in [1.82, 2.24) is 14.7 Å². The number of hydrogen-bond acceptors (Lipinski definition) is 4. The number of aliphatic hydroxyl groups is 1. The molecule has 2 aliphatic rings. The van der Waals surface area contributed by atoms with E-state index in [2.05, 4.69) is 17.0 Å². The molecule has 7 heteroatoms. The Morgan fingerprint density at radius 2 is 2.17 bits per heavy atom. The Bertz CT molecular complexity index is 575. The highest BCUT2D eigenvalue weighted by Crippen LogP contribution is 2.28. The van der Waals surface area contributed by atoms with Gasteiger partial charge in [-0.05, 0) is 43.6 Å². The monoisotopic (exact) mass is 350 g/mol. The number of piperidine rings is 1. The molecule has 0 atom stereocenters. The molecule has 132 valence electrons. The van der Waals surface area contributed by atoms with E-state index in [9.17, 15) is 9.90 Å². The fourth-order valence-electron chi connectivity index (χ4n) is 3.35. The van der Waals surface area contributed by atoms with Gasteiger partial charge in [-0.15, -0.1) is 6.58 Å². The molecule has 6 nitrogen and oxygen atoms in total. The highest BCUT2D eigenvalue weighted by molar-refractivity contribution is 7.99. The van der Waals surface area contributed by atoms with Crippen molar-refractivity contribution in [2.45, 2.75) is 43.7 Å². The summed E-state index contributed by atoms with van der Waals surface area (Å²) in [4.78, 5) is 14.1. The second kappa shape index (κ2) is 7.61. The summed E-state index contributed by atoms with van der Waals surface area (Å²) in [5.74, 6) is 2.95. The van der Waals surface area contributed by atoms with Crippen molar-refractivity contribution in [3.8, 4) is 0 Å². The Hall–Kier alpha value is -1.47. The van der Waals surface area contributed by atoms with Crippen molar-refractivity contribution in [1.29, 1.82) is 0 Å². The van der Waals surface area contributed by atoms with Gasteiger partial charge in [-0.2, -0.15) is 16.9 Å². The molecule has 0 unspecified atom stereocenters. The molecule has 24 heavy (non-hydrogen) atoms. The Labute approximate surface area is 147 Å². The van der Waals surface area contributed by atoms with Gasteiger partial charge >= 0.3 is 6.03 Å². The first kappa shape index (κ1) is 17.4. The first-order valence-corrected chi connectivity index (χ1v) is 9.77. The van der Waals surface area contributed by atoms with Crippen molar-refractivity contribution in [2.75, 3.05) is 29.9 Å². The van der Waals surface area contributed by atoms with E-state index in [-0.39, 0.29) is 6.03 Å². The summed E-state index contributed by atoms with van der Waals surface area (Å²) in [5.41, 5.74) is -0.709. The topological polar surface area (TPSA) is 70.4 Å². The average Bonchev–Trinajstić information content (AvgIpc) is 3.05. The zero-order chi connectivity index (χ0) is 17.0. The van der Waals surface area contributed by atoms with Crippen LogP contribution < -0.4 is 5.32 Å². The summed E-state index contributed by atoms with van der Waals surface area (Å²) < 4.78 is 1.98. The van der Waals surface area contributed by atoms with Crippen LogP contribution in [-0.4, -0.2) is 56.0 Å². The number of aromatic nitrogens is 2. The van der Waals surface area contributed by atoms with Crippen LogP contribution in [0.25, 0.3) is 0 Å². The van der Waals surface area contributed by atoms with Crippen molar-refractivity contribution in [3.05, 3.63) is 24.9 Å². The van der Waals surface area contributed by atoms with Gasteiger partial charge in [-0.3, -0.25) is 10.00 Å². The van der Waals surface area contributed by atoms with Crippen molar-refractivity contribution >= 4 is 23.6 Å². The number of carbonyl (C=O) groups excluding carboxylic acids is 1.